The van der Waals surface area contributed by atoms with Crippen molar-refractivity contribution in [2.24, 2.45) is 11.8 Å². The van der Waals surface area contributed by atoms with Crippen molar-refractivity contribution in [3.63, 3.8) is 0 Å². The number of β-amino-alcohol motifs (C(OH)–C–C–N with tert-alkyl or cyclic N) is 1. The second-order valence-electron chi connectivity index (χ2n) is 7.44. The molecule has 1 heterocycles. The van der Waals surface area contributed by atoms with E-state index in [4.69, 9.17) is 4.74 Å². The fourth-order valence-corrected chi connectivity index (χ4v) is 5.25. The van der Waals surface area contributed by atoms with Crippen molar-refractivity contribution in [3.8, 4) is 5.75 Å². The van der Waals surface area contributed by atoms with Gasteiger partial charge in [0.15, 0.2) is 0 Å². The van der Waals surface area contributed by atoms with Gasteiger partial charge in [-0.15, -0.1) is 0 Å². The van der Waals surface area contributed by atoms with Crippen LogP contribution in [0.25, 0.3) is 0 Å². The standard InChI is InChI=1S/C19H27NO2/c1-22-19-5-3-2-4-16(19)15-8-9-20(12-18(15)21)17-11-13-6-7-14(17)10-13/h2-5,13-15,17-18,21H,6-12H2,1H3/t13-,14-,15-,17-,18-/m0/s1. The Bertz CT molecular complexity index is 532. The summed E-state index contributed by atoms with van der Waals surface area (Å²) in [5.41, 5.74) is 1.17. The van der Waals surface area contributed by atoms with E-state index in [0.717, 1.165) is 43.1 Å². The Morgan fingerprint density at radius 1 is 1.14 bits per heavy atom. The predicted octanol–water partition coefficient (Wildman–Crippen LogP) is 3.03. The molecule has 0 aromatic heterocycles. The Kier molecular flexibility index (Phi) is 3.87. The maximum atomic E-state index is 10.7. The third-order valence-corrected chi connectivity index (χ3v) is 6.32. The van der Waals surface area contributed by atoms with Crippen molar-refractivity contribution in [3.05, 3.63) is 29.8 Å². The summed E-state index contributed by atoms with van der Waals surface area (Å²) in [4.78, 5) is 2.58. The topological polar surface area (TPSA) is 32.7 Å². The summed E-state index contributed by atoms with van der Waals surface area (Å²) in [6.07, 6.45) is 6.43. The summed E-state index contributed by atoms with van der Waals surface area (Å²) in [5, 5.41) is 10.7. The molecule has 3 heteroatoms. The van der Waals surface area contributed by atoms with Gasteiger partial charge in [0.25, 0.3) is 0 Å². The van der Waals surface area contributed by atoms with Gasteiger partial charge in [0, 0.05) is 18.5 Å². The molecule has 3 aliphatic rings. The first-order valence-electron chi connectivity index (χ1n) is 8.81. The van der Waals surface area contributed by atoms with Gasteiger partial charge in [-0.05, 0) is 55.7 Å². The lowest BCUT2D eigenvalue weighted by atomic mass is 9.84. The molecule has 0 amide bonds. The number of piperidine rings is 1. The van der Waals surface area contributed by atoms with E-state index in [-0.39, 0.29) is 12.0 Å². The van der Waals surface area contributed by atoms with Crippen molar-refractivity contribution in [1.82, 2.24) is 4.90 Å². The number of rotatable bonds is 3. The normalized spacial score (nSPS) is 38.4. The second-order valence-corrected chi connectivity index (χ2v) is 7.44. The minimum Gasteiger partial charge on any atom is -0.496 e. The molecule has 2 bridgehead atoms. The summed E-state index contributed by atoms with van der Waals surface area (Å²) < 4.78 is 5.49. The summed E-state index contributed by atoms with van der Waals surface area (Å²) in [6.45, 7) is 1.95. The van der Waals surface area contributed by atoms with Crippen molar-refractivity contribution in [2.45, 2.75) is 50.2 Å². The van der Waals surface area contributed by atoms with Gasteiger partial charge in [0.2, 0.25) is 0 Å². The van der Waals surface area contributed by atoms with Crippen LogP contribution in [0, 0.1) is 11.8 Å². The van der Waals surface area contributed by atoms with Crippen LogP contribution in [0.5, 0.6) is 5.75 Å². The highest BCUT2D eigenvalue weighted by molar-refractivity contribution is 5.37. The van der Waals surface area contributed by atoms with Crippen molar-refractivity contribution in [2.75, 3.05) is 20.2 Å². The molecule has 3 fully saturated rings. The molecule has 1 aromatic carbocycles. The monoisotopic (exact) mass is 301 g/mol. The molecule has 3 nitrogen and oxygen atoms in total. The number of para-hydroxylation sites is 1. The Hall–Kier alpha value is -1.06. The highest BCUT2D eigenvalue weighted by Crippen LogP contribution is 2.47. The van der Waals surface area contributed by atoms with E-state index in [1.165, 1.54) is 31.2 Å². The number of hydrogen-bond acceptors (Lipinski definition) is 3. The van der Waals surface area contributed by atoms with Crippen molar-refractivity contribution >= 4 is 0 Å². The third kappa shape index (κ3) is 2.44. The van der Waals surface area contributed by atoms with Crippen LogP contribution in [0.4, 0.5) is 0 Å². The maximum Gasteiger partial charge on any atom is 0.122 e. The fourth-order valence-electron chi connectivity index (χ4n) is 5.25. The van der Waals surface area contributed by atoms with Gasteiger partial charge in [-0.2, -0.15) is 0 Å². The van der Waals surface area contributed by atoms with E-state index in [1.807, 2.05) is 18.2 Å². The quantitative estimate of drug-likeness (QED) is 0.931. The predicted molar refractivity (Wildman–Crippen MR) is 87.2 cm³/mol. The summed E-state index contributed by atoms with van der Waals surface area (Å²) >= 11 is 0. The molecule has 0 unspecified atom stereocenters. The molecule has 1 aromatic rings. The van der Waals surface area contributed by atoms with Gasteiger partial charge in [-0.3, -0.25) is 4.90 Å². The lowest BCUT2D eigenvalue weighted by Crippen LogP contribution is -2.49. The summed E-state index contributed by atoms with van der Waals surface area (Å²) in [7, 11) is 1.72. The van der Waals surface area contributed by atoms with Crippen LogP contribution in [0.15, 0.2) is 24.3 Å². The van der Waals surface area contributed by atoms with Gasteiger partial charge < -0.3 is 9.84 Å². The van der Waals surface area contributed by atoms with Gasteiger partial charge in [-0.25, -0.2) is 0 Å². The molecule has 2 aliphatic carbocycles. The Labute approximate surface area is 133 Å². The van der Waals surface area contributed by atoms with Crippen molar-refractivity contribution in [1.29, 1.82) is 0 Å². The van der Waals surface area contributed by atoms with E-state index >= 15 is 0 Å². The van der Waals surface area contributed by atoms with Gasteiger partial charge in [0.1, 0.15) is 5.75 Å². The molecule has 120 valence electrons. The Morgan fingerprint density at radius 3 is 2.68 bits per heavy atom. The van der Waals surface area contributed by atoms with Crippen LogP contribution in [0.2, 0.25) is 0 Å². The lowest BCUT2D eigenvalue weighted by molar-refractivity contribution is 0.0155. The molecule has 0 radical (unpaired) electrons. The Morgan fingerprint density at radius 2 is 2.00 bits per heavy atom. The number of benzene rings is 1. The smallest absolute Gasteiger partial charge is 0.122 e. The lowest BCUT2D eigenvalue weighted by Gasteiger charge is -2.42. The molecule has 2 saturated carbocycles. The highest BCUT2D eigenvalue weighted by Gasteiger charge is 2.44. The number of nitrogens with zero attached hydrogens (tertiary/aromatic N) is 1. The summed E-state index contributed by atoms with van der Waals surface area (Å²) in [5.74, 6) is 3.00. The van der Waals surface area contributed by atoms with Crippen LogP contribution in [-0.2, 0) is 0 Å². The molecule has 4 rings (SSSR count). The molecule has 0 spiro atoms. The molecule has 1 N–H and O–H groups in total. The van der Waals surface area contributed by atoms with Crippen LogP contribution in [0.1, 0.15) is 43.6 Å². The van der Waals surface area contributed by atoms with Gasteiger partial charge in [0.05, 0.1) is 13.2 Å². The zero-order valence-electron chi connectivity index (χ0n) is 13.4. The first kappa shape index (κ1) is 14.5. The Balaban J connectivity index is 1.46. The SMILES string of the molecule is COc1ccccc1[C@@H]1CCN([C@H]2C[C@H]3CC[C@H]2C3)C[C@@H]1O. The highest BCUT2D eigenvalue weighted by atomic mass is 16.5. The molecule has 22 heavy (non-hydrogen) atoms. The number of likely N-dealkylation sites (tertiary alicyclic amines) is 1. The molecule has 1 saturated heterocycles. The molecule has 5 atom stereocenters. The molecular formula is C19H27NO2. The maximum absolute atomic E-state index is 10.7. The average Bonchev–Trinajstić information content (AvgIpc) is 3.18. The van der Waals surface area contributed by atoms with E-state index in [2.05, 4.69) is 11.0 Å². The van der Waals surface area contributed by atoms with Crippen molar-refractivity contribution < 1.29 is 9.84 Å². The van der Waals surface area contributed by atoms with Crippen LogP contribution in [0.3, 0.4) is 0 Å². The van der Waals surface area contributed by atoms with Gasteiger partial charge >= 0.3 is 0 Å². The first-order valence-corrected chi connectivity index (χ1v) is 8.81. The number of ether oxygens (including phenoxy) is 1. The van der Waals surface area contributed by atoms with Crippen LogP contribution < -0.4 is 4.74 Å². The summed E-state index contributed by atoms with van der Waals surface area (Å²) in [6, 6.07) is 8.91. The second kappa shape index (κ2) is 5.86. The minimum atomic E-state index is -0.274. The van der Waals surface area contributed by atoms with E-state index < -0.39 is 0 Å². The minimum absolute atomic E-state index is 0.214. The average molecular weight is 301 g/mol. The zero-order valence-corrected chi connectivity index (χ0v) is 13.4. The first-order chi connectivity index (χ1) is 10.8. The van der Waals surface area contributed by atoms with E-state index in [1.54, 1.807) is 7.11 Å². The number of aliphatic hydroxyl groups excluding tert-OH is 1. The van der Waals surface area contributed by atoms with Crippen LogP contribution in [-0.4, -0.2) is 42.4 Å². The molecule has 1 aliphatic heterocycles. The van der Waals surface area contributed by atoms with Gasteiger partial charge in [-0.1, -0.05) is 24.6 Å². The molecular weight excluding hydrogens is 274 g/mol. The van der Waals surface area contributed by atoms with E-state index in [0.29, 0.717) is 0 Å². The van der Waals surface area contributed by atoms with E-state index in [9.17, 15) is 5.11 Å². The number of aliphatic hydroxyl groups is 1. The zero-order chi connectivity index (χ0) is 15.1. The third-order valence-electron chi connectivity index (χ3n) is 6.32. The number of hydrogen-bond donors (Lipinski definition) is 1. The number of fused-ring (bicyclic) bond motifs is 2. The fraction of sp³-hybridized carbons (Fsp3) is 0.684. The van der Waals surface area contributed by atoms with Crippen LogP contribution >= 0.6 is 0 Å². The largest absolute Gasteiger partial charge is 0.496 e. The number of methoxy groups -OCH3 is 1.